The third-order valence-corrected chi connectivity index (χ3v) is 4.09. The van der Waals surface area contributed by atoms with Crippen LogP contribution in [-0.2, 0) is 13.0 Å². The van der Waals surface area contributed by atoms with Crippen LogP contribution >= 0.6 is 11.8 Å². The van der Waals surface area contributed by atoms with Crippen molar-refractivity contribution < 1.29 is 0 Å². The second-order valence-electron chi connectivity index (χ2n) is 4.49. The largest absolute Gasteiger partial charge is 0.362 e. The Kier molecular flexibility index (Phi) is 3.28. The molecule has 0 saturated carbocycles. The maximum absolute atomic E-state index is 2.35. The summed E-state index contributed by atoms with van der Waals surface area (Å²) in [5, 5.41) is 0. The van der Waals surface area contributed by atoms with Crippen LogP contribution in [0, 0.1) is 6.54 Å². The van der Waals surface area contributed by atoms with Crippen LogP contribution in [0.1, 0.15) is 11.1 Å². The van der Waals surface area contributed by atoms with Gasteiger partial charge in [-0.25, -0.2) is 0 Å². The van der Waals surface area contributed by atoms with Crippen LogP contribution in [-0.4, -0.2) is 6.26 Å². The molecule has 91 valence electrons. The van der Waals surface area contributed by atoms with Gasteiger partial charge >= 0.3 is 0 Å². The van der Waals surface area contributed by atoms with E-state index in [1.807, 2.05) is 0 Å². The van der Waals surface area contributed by atoms with Gasteiger partial charge in [0.15, 0.2) is 0 Å². The van der Waals surface area contributed by atoms with E-state index >= 15 is 0 Å². The molecule has 0 saturated heterocycles. The fourth-order valence-corrected chi connectivity index (χ4v) is 2.76. The van der Waals surface area contributed by atoms with Crippen molar-refractivity contribution in [1.29, 1.82) is 0 Å². The second kappa shape index (κ2) is 5.07. The molecule has 1 aliphatic heterocycles. The Labute approximate surface area is 113 Å². The van der Waals surface area contributed by atoms with Gasteiger partial charge in [0.2, 0.25) is 0 Å². The molecule has 0 atom stereocenters. The molecular formula is C16H16NS. The first-order valence-corrected chi connectivity index (χ1v) is 7.40. The molecule has 0 fully saturated rings. The monoisotopic (exact) mass is 254 g/mol. The van der Waals surface area contributed by atoms with Crippen LogP contribution in [0.3, 0.4) is 0 Å². The molecule has 1 nitrogen and oxygen atoms in total. The minimum atomic E-state index is 0.964. The normalized spacial score (nSPS) is 13.7. The zero-order valence-corrected chi connectivity index (χ0v) is 11.3. The van der Waals surface area contributed by atoms with Gasteiger partial charge in [-0.1, -0.05) is 30.3 Å². The molecule has 2 aromatic rings. The van der Waals surface area contributed by atoms with Gasteiger partial charge in [-0.2, -0.15) is 0 Å². The maximum Gasteiger partial charge on any atom is 0.0541 e. The molecule has 0 aliphatic carbocycles. The summed E-state index contributed by atoms with van der Waals surface area (Å²) in [5.41, 5.74) is 4.14. The topological polar surface area (TPSA) is 3.24 Å². The number of anilines is 1. The minimum Gasteiger partial charge on any atom is -0.362 e. The second-order valence-corrected chi connectivity index (χ2v) is 5.37. The van der Waals surface area contributed by atoms with Gasteiger partial charge in [0.1, 0.15) is 0 Å². The Morgan fingerprint density at radius 1 is 1.06 bits per heavy atom. The number of nitrogens with zero attached hydrogens (tertiary/aromatic N) is 1. The van der Waals surface area contributed by atoms with Crippen molar-refractivity contribution in [3.8, 4) is 0 Å². The highest BCUT2D eigenvalue weighted by molar-refractivity contribution is 7.98. The Morgan fingerprint density at radius 2 is 1.83 bits per heavy atom. The summed E-state index contributed by atoms with van der Waals surface area (Å²) in [6, 6.07) is 17.5. The predicted molar refractivity (Wildman–Crippen MR) is 78.9 cm³/mol. The first-order chi connectivity index (χ1) is 8.86. The molecule has 2 heteroatoms. The number of fused-ring (bicyclic) bond motifs is 1. The smallest absolute Gasteiger partial charge is 0.0541 e. The summed E-state index contributed by atoms with van der Waals surface area (Å²) in [7, 11) is 0. The molecule has 0 bridgehead atoms. The van der Waals surface area contributed by atoms with Crippen molar-refractivity contribution in [2.75, 3.05) is 11.2 Å². The van der Waals surface area contributed by atoms with Crippen LogP contribution in [0.4, 0.5) is 5.69 Å². The average molecular weight is 254 g/mol. The van der Waals surface area contributed by atoms with Crippen LogP contribution in [0.5, 0.6) is 0 Å². The molecule has 2 aromatic carbocycles. The van der Waals surface area contributed by atoms with Crippen LogP contribution < -0.4 is 4.90 Å². The molecule has 1 heterocycles. The van der Waals surface area contributed by atoms with Crippen LogP contribution in [0.2, 0.25) is 0 Å². The first-order valence-electron chi connectivity index (χ1n) is 6.17. The minimum absolute atomic E-state index is 0.964. The molecule has 0 N–H and O–H groups in total. The lowest BCUT2D eigenvalue weighted by molar-refractivity contribution is 0.919. The SMILES string of the molecule is CSc1ccc(CN2[CH]Cc3ccccc32)cc1. The summed E-state index contributed by atoms with van der Waals surface area (Å²) in [6.07, 6.45) is 3.17. The Balaban J connectivity index is 1.77. The summed E-state index contributed by atoms with van der Waals surface area (Å²) in [4.78, 5) is 3.67. The van der Waals surface area contributed by atoms with E-state index in [-0.39, 0.29) is 0 Å². The molecular weight excluding hydrogens is 238 g/mol. The molecule has 1 radical (unpaired) electrons. The highest BCUT2D eigenvalue weighted by atomic mass is 32.2. The van der Waals surface area contributed by atoms with Gasteiger partial charge in [-0.05, 0) is 42.0 Å². The Hall–Kier alpha value is -1.41. The summed E-state index contributed by atoms with van der Waals surface area (Å²) >= 11 is 1.79. The third-order valence-electron chi connectivity index (χ3n) is 3.34. The van der Waals surface area contributed by atoms with Crippen molar-refractivity contribution in [1.82, 2.24) is 0 Å². The van der Waals surface area contributed by atoms with Gasteiger partial charge in [0.05, 0.1) is 6.54 Å². The zero-order valence-electron chi connectivity index (χ0n) is 10.5. The van der Waals surface area contributed by atoms with Crippen molar-refractivity contribution in [3.05, 3.63) is 66.2 Å². The molecule has 0 unspecified atom stereocenters. The lowest BCUT2D eigenvalue weighted by Gasteiger charge is -2.19. The summed E-state index contributed by atoms with van der Waals surface area (Å²) in [5.74, 6) is 0. The van der Waals surface area contributed by atoms with Crippen molar-refractivity contribution in [3.63, 3.8) is 0 Å². The van der Waals surface area contributed by atoms with Crippen molar-refractivity contribution in [2.24, 2.45) is 0 Å². The maximum atomic E-state index is 2.35. The van der Waals surface area contributed by atoms with Crippen LogP contribution in [0.25, 0.3) is 0 Å². The number of rotatable bonds is 3. The standard InChI is InChI=1S/C16H16NS/c1-18-15-8-6-13(7-9-15)12-17-11-10-14-4-2-3-5-16(14)17/h2-9,11H,10,12H2,1H3. The number of para-hydroxylation sites is 1. The van der Waals surface area contributed by atoms with E-state index in [2.05, 4.69) is 66.2 Å². The molecule has 0 aromatic heterocycles. The number of thioether (sulfide) groups is 1. The van der Waals surface area contributed by atoms with Crippen molar-refractivity contribution in [2.45, 2.75) is 17.9 Å². The lowest BCUT2D eigenvalue weighted by atomic mass is 10.1. The Bertz CT molecular complexity index is 533. The van der Waals surface area contributed by atoms with E-state index in [4.69, 9.17) is 0 Å². The van der Waals surface area contributed by atoms with E-state index in [0.29, 0.717) is 0 Å². The van der Waals surface area contributed by atoms with Gasteiger partial charge in [0.25, 0.3) is 0 Å². The molecule has 18 heavy (non-hydrogen) atoms. The van der Waals surface area contributed by atoms with Gasteiger partial charge in [-0.15, -0.1) is 11.8 Å². The van der Waals surface area contributed by atoms with E-state index in [0.717, 1.165) is 13.0 Å². The summed E-state index contributed by atoms with van der Waals surface area (Å²) in [6.45, 7) is 3.25. The highest BCUT2D eigenvalue weighted by Crippen LogP contribution is 2.31. The predicted octanol–water partition coefficient (Wildman–Crippen LogP) is 4.13. The van der Waals surface area contributed by atoms with E-state index in [1.165, 1.54) is 21.7 Å². The highest BCUT2D eigenvalue weighted by Gasteiger charge is 2.18. The van der Waals surface area contributed by atoms with Gasteiger partial charge in [-0.3, -0.25) is 0 Å². The molecule has 0 amide bonds. The number of benzene rings is 2. The average Bonchev–Trinajstić information content (AvgIpc) is 2.83. The van der Waals surface area contributed by atoms with E-state index < -0.39 is 0 Å². The quantitative estimate of drug-likeness (QED) is 0.758. The lowest BCUT2D eigenvalue weighted by Crippen LogP contribution is -2.15. The van der Waals surface area contributed by atoms with E-state index in [1.54, 1.807) is 11.8 Å². The van der Waals surface area contributed by atoms with Crippen LogP contribution in [0.15, 0.2) is 53.4 Å². The fourth-order valence-electron chi connectivity index (χ4n) is 2.35. The van der Waals surface area contributed by atoms with Gasteiger partial charge in [0, 0.05) is 17.1 Å². The molecule has 1 aliphatic rings. The Morgan fingerprint density at radius 3 is 2.61 bits per heavy atom. The van der Waals surface area contributed by atoms with Crippen molar-refractivity contribution >= 4 is 17.4 Å². The van der Waals surface area contributed by atoms with Gasteiger partial charge < -0.3 is 4.90 Å². The number of hydrogen-bond acceptors (Lipinski definition) is 2. The fraction of sp³-hybridized carbons (Fsp3) is 0.188. The summed E-state index contributed by atoms with van der Waals surface area (Å²) < 4.78 is 0. The van der Waals surface area contributed by atoms with E-state index in [9.17, 15) is 0 Å². The molecule has 3 rings (SSSR count). The third kappa shape index (κ3) is 2.25. The zero-order chi connectivity index (χ0) is 12.4. The number of hydrogen-bond donors (Lipinski definition) is 0. The first kappa shape index (κ1) is 11.7. The molecule has 0 spiro atoms.